The largest absolute Gasteiger partial charge is 0.497 e. The number of ether oxygens (including phenoxy) is 2. The van der Waals surface area contributed by atoms with Crippen LogP contribution >= 0.6 is 27.5 Å². The van der Waals surface area contributed by atoms with Gasteiger partial charge in [0.2, 0.25) is 0 Å². The van der Waals surface area contributed by atoms with E-state index < -0.39 is 0 Å². The molecule has 0 aliphatic carbocycles. The highest BCUT2D eigenvalue weighted by Gasteiger charge is 2.08. The molecule has 3 nitrogen and oxygen atoms in total. The van der Waals surface area contributed by atoms with Crippen molar-refractivity contribution in [3.63, 3.8) is 0 Å². The number of hydrogen-bond acceptors (Lipinski definition) is 3. The predicted molar refractivity (Wildman–Crippen MR) is 78.1 cm³/mol. The quantitative estimate of drug-likeness (QED) is 0.894. The third-order valence-corrected chi connectivity index (χ3v) is 3.41. The average Bonchev–Trinajstić information content (AvgIpc) is 2.42. The van der Waals surface area contributed by atoms with Crippen molar-refractivity contribution in [2.24, 2.45) is 0 Å². The zero-order chi connectivity index (χ0) is 13.8. The number of halogens is 2. The minimum Gasteiger partial charge on any atom is -0.497 e. The van der Waals surface area contributed by atoms with E-state index in [0.29, 0.717) is 22.1 Å². The maximum Gasteiger partial charge on any atom is 0.141 e. The van der Waals surface area contributed by atoms with Crippen molar-refractivity contribution < 1.29 is 14.6 Å². The van der Waals surface area contributed by atoms with E-state index in [0.717, 1.165) is 10.2 Å². The summed E-state index contributed by atoms with van der Waals surface area (Å²) in [6.45, 7) is -0.135. The van der Waals surface area contributed by atoms with Gasteiger partial charge in [-0.1, -0.05) is 11.6 Å². The molecular formula is C14H12BrClO3. The molecule has 0 bridgehead atoms. The maximum absolute atomic E-state index is 9.30. The van der Waals surface area contributed by atoms with Crippen LogP contribution in [0.3, 0.4) is 0 Å². The second-order valence-electron chi connectivity index (χ2n) is 3.81. The van der Waals surface area contributed by atoms with Gasteiger partial charge in [-0.15, -0.1) is 0 Å². The maximum atomic E-state index is 9.30. The summed E-state index contributed by atoms with van der Waals surface area (Å²) in [5, 5.41) is 9.86. The van der Waals surface area contributed by atoms with E-state index in [9.17, 15) is 5.11 Å². The Bertz CT molecular complexity index is 587. The summed E-state index contributed by atoms with van der Waals surface area (Å²) in [6, 6.07) is 10.5. The third-order valence-electron chi connectivity index (χ3n) is 2.55. The molecule has 0 radical (unpaired) electrons. The Morgan fingerprint density at radius 3 is 2.53 bits per heavy atom. The standard InChI is InChI=1S/C14H12BrClO3/c1-18-11-3-5-14(12(15)7-11)19-13-4-2-10(16)6-9(13)8-17/h2-7,17H,8H2,1H3. The average molecular weight is 344 g/mol. The van der Waals surface area contributed by atoms with E-state index in [4.69, 9.17) is 21.1 Å². The molecule has 2 rings (SSSR count). The van der Waals surface area contributed by atoms with Crippen LogP contribution in [-0.4, -0.2) is 12.2 Å². The SMILES string of the molecule is COc1ccc(Oc2ccc(Cl)cc2CO)c(Br)c1. The fourth-order valence-electron chi connectivity index (χ4n) is 1.58. The highest BCUT2D eigenvalue weighted by atomic mass is 79.9. The van der Waals surface area contributed by atoms with Gasteiger partial charge in [0.25, 0.3) is 0 Å². The van der Waals surface area contributed by atoms with Gasteiger partial charge in [0.05, 0.1) is 18.2 Å². The number of benzene rings is 2. The number of aliphatic hydroxyl groups excluding tert-OH is 1. The third kappa shape index (κ3) is 3.41. The van der Waals surface area contributed by atoms with Crippen LogP contribution in [0, 0.1) is 0 Å². The molecule has 0 unspecified atom stereocenters. The molecule has 1 N–H and O–H groups in total. The molecule has 0 heterocycles. The normalized spacial score (nSPS) is 10.3. The molecule has 0 atom stereocenters. The Labute approximate surface area is 124 Å². The number of rotatable bonds is 4. The Balaban J connectivity index is 2.31. The first-order chi connectivity index (χ1) is 9.13. The predicted octanol–water partition coefficient (Wildman–Crippen LogP) is 4.40. The molecule has 0 aliphatic heterocycles. The zero-order valence-electron chi connectivity index (χ0n) is 10.2. The summed E-state index contributed by atoms with van der Waals surface area (Å²) in [6.07, 6.45) is 0. The van der Waals surface area contributed by atoms with Gasteiger partial charge in [0.15, 0.2) is 0 Å². The number of methoxy groups -OCH3 is 1. The smallest absolute Gasteiger partial charge is 0.141 e. The van der Waals surface area contributed by atoms with Crippen molar-refractivity contribution in [3.05, 3.63) is 51.5 Å². The Morgan fingerprint density at radius 2 is 1.89 bits per heavy atom. The molecule has 0 saturated carbocycles. The summed E-state index contributed by atoms with van der Waals surface area (Å²) < 4.78 is 11.7. The van der Waals surface area contributed by atoms with Crippen molar-refractivity contribution in [1.29, 1.82) is 0 Å². The van der Waals surface area contributed by atoms with Gasteiger partial charge >= 0.3 is 0 Å². The van der Waals surface area contributed by atoms with Crippen LogP contribution in [0.25, 0.3) is 0 Å². The second kappa shape index (κ2) is 6.28. The van der Waals surface area contributed by atoms with Crippen molar-refractivity contribution in [3.8, 4) is 17.2 Å². The van der Waals surface area contributed by atoms with Crippen molar-refractivity contribution in [2.45, 2.75) is 6.61 Å². The van der Waals surface area contributed by atoms with Crippen LogP contribution < -0.4 is 9.47 Å². The molecule has 0 saturated heterocycles. The van der Waals surface area contributed by atoms with Crippen LogP contribution in [0.2, 0.25) is 5.02 Å². The topological polar surface area (TPSA) is 38.7 Å². The molecule has 0 amide bonds. The van der Waals surface area contributed by atoms with Crippen LogP contribution in [0.5, 0.6) is 17.2 Å². The van der Waals surface area contributed by atoms with Gasteiger partial charge < -0.3 is 14.6 Å². The second-order valence-corrected chi connectivity index (χ2v) is 5.10. The molecule has 0 aromatic heterocycles. The fourth-order valence-corrected chi connectivity index (χ4v) is 2.21. The minimum atomic E-state index is -0.135. The highest BCUT2D eigenvalue weighted by molar-refractivity contribution is 9.10. The number of aliphatic hydroxyl groups is 1. The number of hydrogen-bond donors (Lipinski definition) is 1. The first kappa shape index (κ1) is 14.2. The van der Waals surface area contributed by atoms with Gasteiger partial charge in [-0.05, 0) is 52.3 Å². The minimum absolute atomic E-state index is 0.135. The first-order valence-corrected chi connectivity index (χ1v) is 6.72. The van der Waals surface area contributed by atoms with Crippen molar-refractivity contribution in [1.82, 2.24) is 0 Å². The van der Waals surface area contributed by atoms with Gasteiger partial charge in [-0.25, -0.2) is 0 Å². The lowest BCUT2D eigenvalue weighted by Crippen LogP contribution is -1.93. The van der Waals surface area contributed by atoms with Gasteiger partial charge in [0.1, 0.15) is 17.2 Å². The molecule has 2 aromatic rings. The Morgan fingerprint density at radius 1 is 1.16 bits per heavy atom. The molecule has 5 heteroatoms. The Kier molecular flexibility index (Phi) is 4.69. The van der Waals surface area contributed by atoms with Crippen molar-refractivity contribution in [2.75, 3.05) is 7.11 Å². The van der Waals surface area contributed by atoms with Crippen LogP contribution in [0.1, 0.15) is 5.56 Å². The monoisotopic (exact) mass is 342 g/mol. The molecular weight excluding hydrogens is 332 g/mol. The highest BCUT2D eigenvalue weighted by Crippen LogP contribution is 2.34. The lowest BCUT2D eigenvalue weighted by atomic mass is 10.2. The first-order valence-electron chi connectivity index (χ1n) is 5.54. The van der Waals surface area contributed by atoms with Crippen LogP contribution in [-0.2, 0) is 6.61 Å². The lowest BCUT2D eigenvalue weighted by molar-refractivity contribution is 0.276. The summed E-state index contributed by atoms with van der Waals surface area (Å²) in [5.41, 5.74) is 0.634. The van der Waals surface area contributed by atoms with Gasteiger partial charge in [-0.3, -0.25) is 0 Å². The van der Waals surface area contributed by atoms with Gasteiger partial charge in [0, 0.05) is 10.6 Å². The molecule has 100 valence electrons. The van der Waals surface area contributed by atoms with Gasteiger partial charge in [-0.2, -0.15) is 0 Å². The summed E-state index contributed by atoms with van der Waals surface area (Å²) in [7, 11) is 1.60. The molecule has 2 aromatic carbocycles. The lowest BCUT2D eigenvalue weighted by Gasteiger charge is -2.12. The molecule has 19 heavy (non-hydrogen) atoms. The zero-order valence-corrected chi connectivity index (χ0v) is 12.5. The van der Waals surface area contributed by atoms with E-state index >= 15 is 0 Å². The van der Waals surface area contributed by atoms with E-state index in [1.807, 2.05) is 6.07 Å². The molecule has 0 aliphatic rings. The molecule has 0 fully saturated rings. The van der Waals surface area contributed by atoms with Crippen LogP contribution in [0.15, 0.2) is 40.9 Å². The summed E-state index contributed by atoms with van der Waals surface area (Å²) in [5.74, 6) is 1.94. The van der Waals surface area contributed by atoms with E-state index in [1.165, 1.54) is 0 Å². The summed E-state index contributed by atoms with van der Waals surface area (Å²) >= 11 is 9.29. The summed E-state index contributed by atoms with van der Waals surface area (Å²) in [4.78, 5) is 0. The fraction of sp³-hybridized carbons (Fsp3) is 0.143. The van der Waals surface area contributed by atoms with Crippen molar-refractivity contribution >= 4 is 27.5 Å². The molecule has 0 spiro atoms. The van der Waals surface area contributed by atoms with E-state index in [1.54, 1.807) is 37.4 Å². The Hall–Kier alpha value is -1.23. The van der Waals surface area contributed by atoms with Crippen LogP contribution in [0.4, 0.5) is 0 Å². The van der Waals surface area contributed by atoms with E-state index in [-0.39, 0.29) is 6.61 Å². The van der Waals surface area contributed by atoms with E-state index in [2.05, 4.69) is 15.9 Å².